The molecule has 4 rings (SSSR count). The number of nitrogens with zero attached hydrogens (tertiary/aromatic N) is 2. The standard InChI is InChI=1S/C19H19ClFN5O.ClH/c20-15-9-11(1-6-16(15)21)19(27)26-13-4-2-12(3-5-13)25-18-14-7-8-22-17(14)23-10-24-18;/h1,6-10,12-13H,2-5H2,(H,26,27)(H2,22,23,24,25);1H/t12-,13+;. The van der Waals surface area contributed by atoms with Crippen LogP contribution < -0.4 is 10.6 Å². The highest BCUT2D eigenvalue weighted by atomic mass is 35.5. The Morgan fingerprint density at radius 2 is 1.89 bits per heavy atom. The van der Waals surface area contributed by atoms with E-state index in [1.165, 1.54) is 18.2 Å². The second-order valence-electron chi connectivity index (χ2n) is 6.76. The Hall–Kier alpha value is -2.38. The molecule has 0 atom stereocenters. The number of hydrogen-bond acceptors (Lipinski definition) is 4. The third-order valence-corrected chi connectivity index (χ3v) is 5.23. The van der Waals surface area contributed by atoms with Gasteiger partial charge in [-0.3, -0.25) is 4.79 Å². The lowest BCUT2D eigenvalue weighted by Crippen LogP contribution is -2.40. The topological polar surface area (TPSA) is 82.7 Å². The first-order chi connectivity index (χ1) is 13.1. The summed E-state index contributed by atoms with van der Waals surface area (Å²) in [5.74, 6) is 0.0777. The molecule has 28 heavy (non-hydrogen) atoms. The molecule has 9 heteroatoms. The van der Waals surface area contributed by atoms with Crippen molar-refractivity contribution in [1.29, 1.82) is 0 Å². The summed E-state index contributed by atoms with van der Waals surface area (Å²) in [6, 6.07) is 6.36. The number of H-pyrrole nitrogens is 1. The third kappa shape index (κ3) is 4.36. The number of amides is 1. The van der Waals surface area contributed by atoms with E-state index in [4.69, 9.17) is 11.6 Å². The summed E-state index contributed by atoms with van der Waals surface area (Å²) < 4.78 is 13.2. The van der Waals surface area contributed by atoms with Gasteiger partial charge < -0.3 is 15.6 Å². The number of fused-ring (bicyclic) bond motifs is 1. The normalized spacial score (nSPS) is 19.1. The number of aromatic amines is 1. The van der Waals surface area contributed by atoms with Crippen LogP contribution in [0.25, 0.3) is 11.0 Å². The van der Waals surface area contributed by atoms with Gasteiger partial charge in [0, 0.05) is 23.8 Å². The van der Waals surface area contributed by atoms with Gasteiger partial charge in [0.25, 0.3) is 5.91 Å². The SMILES string of the molecule is Cl.O=C(N[C@H]1CC[C@@H](Nc2ncnc3[nH]ccc23)CC1)c1ccc(F)c(Cl)c1. The Morgan fingerprint density at radius 1 is 1.14 bits per heavy atom. The lowest BCUT2D eigenvalue weighted by molar-refractivity contribution is 0.0926. The van der Waals surface area contributed by atoms with E-state index in [0.29, 0.717) is 11.6 Å². The molecule has 1 amide bonds. The minimum absolute atomic E-state index is 0. The number of carbonyl (C=O) groups is 1. The van der Waals surface area contributed by atoms with Crippen LogP contribution in [0.15, 0.2) is 36.8 Å². The zero-order valence-corrected chi connectivity index (χ0v) is 16.5. The zero-order chi connectivity index (χ0) is 18.8. The van der Waals surface area contributed by atoms with Gasteiger partial charge in [0.15, 0.2) is 0 Å². The second-order valence-corrected chi connectivity index (χ2v) is 7.16. The van der Waals surface area contributed by atoms with Gasteiger partial charge in [-0.05, 0) is 49.9 Å². The molecule has 1 aromatic carbocycles. The maximum Gasteiger partial charge on any atom is 0.251 e. The number of hydrogen-bond donors (Lipinski definition) is 3. The number of nitrogens with one attached hydrogen (secondary N) is 3. The zero-order valence-electron chi connectivity index (χ0n) is 14.9. The summed E-state index contributed by atoms with van der Waals surface area (Å²) in [4.78, 5) is 23.9. The van der Waals surface area contributed by atoms with Gasteiger partial charge in [-0.25, -0.2) is 14.4 Å². The van der Waals surface area contributed by atoms with Crippen LogP contribution in [0.2, 0.25) is 5.02 Å². The molecule has 0 radical (unpaired) electrons. The number of halogens is 3. The monoisotopic (exact) mass is 423 g/mol. The highest BCUT2D eigenvalue weighted by molar-refractivity contribution is 6.31. The fourth-order valence-electron chi connectivity index (χ4n) is 3.47. The molecule has 0 bridgehead atoms. The van der Waals surface area contributed by atoms with E-state index in [9.17, 15) is 9.18 Å². The molecule has 2 heterocycles. The fraction of sp³-hybridized carbons (Fsp3) is 0.316. The van der Waals surface area contributed by atoms with Crippen molar-refractivity contribution in [1.82, 2.24) is 20.3 Å². The Bertz CT molecular complexity index is 972. The van der Waals surface area contributed by atoms with Crippen LogP contribution in [-0.2, 0) is 0 Å². The Kier molecular flexibility index (Phi) is 6.36. The van der Waals surface area contributed by atoms with E-state index in [0.717, 1.165) is 42.5 Å². The molecule has 1 saturated carbocycles. The lowest BCUT2D eigenvalue weighted by Gasteiger charge is -2.30. The van der Waals surface area contributed by atoms with E-state index >= 15 is 0 Å². The van der Waals surface area contributed by atoms with Crippen molar-refractivity contribution in [2.75, 3.05) is 5.32 Å². The first-order valence-corrected chi connectivity index (χ1v) is 9.28. The predicted octanol–water partition coefficient (Wildman–Crippen LogP) is 4.33. The van der Waals surface area contributed by atoms with Gasteiger partial charge in [0.1, 0.15) is 23.6 Å². The second kappa shape index (κ2) is 8.75. The van der Waals surface area contributed by atoms with Crippen molar-refractivity contribution >= 4 is 46.8 Å². The summed E-state index contributed by atoms with van der Waals surface area (Å²) in [5.41, 5.74) is 1.18. The molecule has 1 fully saturated rings. The number of aromatic nitrogens is 3. The fourth-order valence-corrected chi connectivity index (χ4v) is 3.65. The maximum atomic E-state index is 13.2. The molecule has 148 valence electrons. The molecule has 6 nitrogen and oxygen atoms in total. The molecule has 3 N–H and O–H groups in total. The summed E-state index contributed by atoms with van der Waals surface area (Å²) in [7, 11) is 0. The summed E-state index contributed by atoms with van der Waals surface area (Å²) >= 11 is 5.75. The average Bonchev–Trinajstić information content (AvgIpc) is 3.15. The summed E-state index contributed by atoms with van der Waals surface area (Å²) in [5, 5.41) is 7.43. The van der Waals surface area contributed by atoms with E-state index in [1.807, 2.05) is 12.3 Å². The van der Waals surface area contributed by atoms with Gasteiger partial charge in [-0.15, -0.1) is 12.4 Å². The molecule has 0 saturated heterocycles. The van der Waals surface area contributed by atoms with Gasteiger partial charge in [0.2, 0.25) is 0 Å². The van der Waals surface area contributed by atoms with Crippen molar-refractivity contribution in [3.05, 3.63) is 53.2 Å². The number of carbonyl (C=O) groups excluding carboxylic acids is 1. The maximum absolute atomic E-state index is 13.2. The first kappa shape index (κ1) is 20.4. The van der Waals surface area contributed by atoms with Gasteiger partial charge >= 0.3 is 0 Å². The van der Waals surface area contributed by atoms with Crippen molar-refractivity contribution in [2.24, 2.45) is 0 Å². The highest BCUT2D eigenvalue weighted by Crippen LogP contribution is 2.25. The van der Waals surface area contributed by atoms with Gasteiger partial charge in [-0.1, -0.05) is 11.6 Å². The highest BCUT2D eigenvalue weighted by Gasteiger charge is 2.23. The molecule has 1 aliphatic carbocycles. The van der Waals surface area contributed by atoms with Crippen molar-refractivity contribution in [2.45, 2.75) is 37.8 Å². The van der Waals surface area contributed by atoms with Crippen molar-refractivity contribution in [3.63, 3.8) is 0 Å². The molecule has 3 aromatic rings. The Morgan fingerprint density at radius 3 is 2.64 bits per heavy atom. The summed E-state index contributed by atoms with van der Waals surface area (Å²) in [6.45, 7) is 0. The molecule has 1 aliphatic rings. The predicted molar refractivity (Wildman–Crippen MR) is 110 cm³/mol. The molecular formula is C19H20Cl2FN5O. The molecule has 0 aliphatic heterocycles. The number of anilines is 1. The van der Waals surface area contributed by atoms with Crippen LogP contribution in [0.1, 0.15) is 36.0 Å². The summed E-state index contributed by atoms with van der Waals surface area (Å²) in [6.07, 6.45) is 6.95. The average molecular weight is 424 g/mol. The van der Waals surface area contributed by atoms with Crippen LogP contribution in [0.5, 0.6) is 0 Å². The van der Waals surface area contributed by atoms with Crippen LogP contribution in [0.3, 0.4) is 0 Å². The number of rotatable bonds is 4. The Labute approximate surface area is 172 Å². The minimum Gasteiger partial charge on any atom is -0.367 e. The van der Waals surface area contributed by atoms with Gasteiger partial charge in [0.05, 0.1) is 10.4 Å². The van der Waals surface area contributed by atoms with Crippen molar-refractivity contribution < 1.29 is 9.18 Å². The van der Waals surface area contributed by atoms with Crippen LogP contribution in [0.4, 0.5) is 10.2 Å². The number of benzene rings is 1. The molecular weight excluding hydrogens is 404 g/mol. The van der Waals surface area contributed by atoms with Crippen LogP contribution in [0, 0.1) is 5.82 Å². The molecule has 0 spiro atoms. The largest absolute Gasteiger partial charge is 0.367 e. The van der Waals surface area contributed by atoms with E-state index < -0.39 is 5.82 Å². The van der Waals surface area contributed by atoms with Crippen molar-refractivity contribution in [3.8, 4) is 0 Å². The smallest absolute Gasteiger partial charge is 0.251 e. The van der Waals surface area contributed by atoms with Crippen LogP contribution >= 0.6 is 24.0 Å². The quantitative estimate of drug-likeness (QED) is 0.583. The van der Waals surface area contributed by atoms with E-state index in [1.54, 1.807) is 6.33 Å². The van der Waals surface area contributed by atoms with Crippen LogP contribution in [-0.4, -0.2) is 32.9 Å². The van der Waals surface area contributed by atoms with Gasteiger partial charge in [-0.2, -0.15) is 0 Å². The first-order valence-electron chi connectivity index (χ1n) is 8.90. The Balaban J connectivity index is 0.00000225. The molecule has 0 unspecified atom stereocenters. The minimum atomic E-state index is -0.527. The van der Waals surface area contributed by atoms with E-state index in [2.05, 4.69) is 25.6 Å². The lowest BCUT2D eigenvalue weighted by atomic mass is 9.91. The third-order valence-electron chi connectivity index (χ3n) is 4.94. The molecule has 2 aromatic heterocycles. The van der Waals surface area contributed by atoms with E-state index in [-0.39, 0.29) is 29.4 Å².